The molecule has 0 bridgehead atoms. The van der Waals surface area contributed by atoms with Gasteiger partial charge in [0.05, 0.1) is 28.5 Å². The fourth-order valence-corrected chi connectivity index (χ4v) is 3.81. The molecule has 2 heterocycles. The molecule has 1 aliphatic heterocycles. The lowest BCUT2D eigenvalue weighted by Gasteiger charge is -2.32. The molecule has 3 amide bonds. The second-order valence-electron chi connectivity index (χ2n) is 7.78. The van der Waals surface area contributed by atoms with Crippen molar-refractivity contribution in [3.8, 4) is 0 Å². The third-order valence-electron chi connectivity index (χ3n) is 5.10. The number of para-hydroxylation sites is 1. The quantitative estimate of drug-likeness (QED) is 0.802. The number of carbonyl (C=O) groups is 2. The molecule has 0 radical (unpaired) electrons. The van der Waals surface area contributed by atoms with Crippen LogP contribution in [0.5, 0.6) is 0 Å². The number of hydrogen-bond donors (Lipinski definition) is 2. The molecule has 1 saturated heterocycles. The first-order valence-electron chi connectivity index (χ1n) is 9.77. The van der Waals surface area contributed by atoms with Crippen molar-refractivity contribution in [2.75, 3.05) is 19.6 Å². The number of halogens is 1. The first-order valence-corrected chi connectivity index (χ1v) is 10.1. The highest BCUT2D eigenvalue weighted by Gasteiger charge is 2.28. The van der Waals surface area contributed by atoms with Crippen molar-refractivity contribution in [3.63, 3.8) is 0 Å². The largest absolute Gasteiger partial charge is 0.349 e. The zero-order valence-electron chi connectivity index (χ0n) is 16.7. The number of amides is 3. The van der Waals surface area contributed by atoms with Crippen molar-refractivity contribution in [2.24, 2.45) is 18.9 Å². The van der Waals surface area contributed by atoms with E-state index in [9.17, 15) is 9.59 Å². The van der Waals surface area contributed by atoms with Crippen molar-refractivity contribution in [1.82, 2.24) is 25.1 Å². The molecule has 1 aromatic heterocycles. The second-order valence-corrected chi connectivity index (χ2v) is 8.18. The molecule has 152 valence electrons. The maximum Gasteiger partial charge on any atom is 0.317 e. The Bertz CT molecular complexity index is 864. The van der Waals surface area contributed by atoms with Crippen LogP contribution < -0.4 is 10.6 Å². The third-order valence-corrected chi connectivity index (χ3v) is 5.40. The highest BCUT2D eigenvalue weighted by molar-refractivity contribution is 6.35. The maximum absolute atomic E-state index is 12.7. The number of nitrogens with one attached hydrogen (secondary N) is 2. The van der Waals surface area contributed by atoms with Crippen LogP contribution in [0.3, 0.4) is 0 Å². The lowest BCUT2D eigenvalue weighted by Crippen LogP contribution is -2.49. The van der Waals surface area contributed by atoms with E-state index in [1.54, 1.807) is 4.90 Å². The van der Waals surface area contributed by atoms with E-state index in [0.29, 0.717) is 37.1 Å². The number of nitrogens with zero attached hydrogens (tertiary/aromatic N) is 3. The number of aromatic nitrogens is 2. The van der Waals surface area contributed by atoms with Gasteiger partial charge in [0.25, 0.3) is 0 Å². The standard InChI is InChI=1S/C20H28ClN5O2/c1-13(2)10-23-20(28)26-9-5-6-14(12-26)19(27)22-11-17-24-16-8-4-7-15(21)18(16)25(17)3/h4,7-8,13-14H,5-6,9-12H2,1-3H3,(H,22,27)(H,23,28). The molecule has 7 nitrogen and oxygen atoms in total. The Morgan fingerprint density at radius 1 is 1.32 bits per heavy atom. The van der Waals surface area contributed by atoms with Crippen LogP contribution in [0.2, 0.25) is 5.02 Å². The zero-order valence-corrected chi connectivity index (χ0v) is 17.4. The molecule has 1 aromatic carbocycles. The first-order chi connectivity index (χ1) is 13.4. The van der Waals surface area contributed by atoms with E-state index in [2.05, 4.69) is 29.5 Å². The predicted molar refractivity (Wildman–Crippen MR) is 110 cm³/mol. The zero-order chi connectivity index (χ0) is 20.3. The molecule has 3 rings (SSSR count). The number of carbonyl (C=O) groups excluding carboxylic acids is 2. The number of imidazole rings is 1. The molecule has 1 aliphatic rings. The molecule has 28 heavy (non-hydrogen) atoms. The molecule has 1 atom stereocenters. The van der Waals surface area contributed by atoms with Gasteiger partial charge in [-0.15, -0.1) is 0 Å². The van der Waals surface area contributed by atoms with Gasteiger partial charge in [-0.25, -0.2) is 9.78 Å². The minimum absolute atomic E-state index is 0.0421. The van der Waals surface area contributed by atoms with E-state index in [1.165, 1.54) is 0 Å². The van der Waals surface area contributed by atoms with Gasteiger partial charge in [-0.05, 0) is 30.9 Å². The van der Waals surface area contributed by atoms with Crippen molar-refractivity contribution >= 4 is 34.6 Å². The first kappa shape index (κ1) is 20.5. The third kappa shape index (κ3) is 4.58. The average molecular weight is 406 g/mol. The van der Waals surface area contributed by atoms with Crippen LogP contribution >= 0.6 is 11.6 Å². The number of rotatable bonds is 5. The Hall–Kier alpha value is -2.28. The second kappa shape index (κ2) is 8.82. The monoisotopic (exact) mass is 405 g/mol. The van der Waals surface area contributed by atoms with Crippen LogP contribution in [0.1, 0.15) is 32.5 Å². The van der Waals surface area contributed by atoms with E-state index in [-0.39, 0.29) is 17.9 Å². The van der Waals surface area contributed by atoms with E-state index in [0.717, 1.165) is 29.7 Å². The number of piperidine rings is 1. The maximum atomic E-state index is 12.7. The number of hydrogen-bond acceptors (Lipinski definition) is 3. The summed E-state index contributed by atoms with van der Waals surface area (Å²) in [7, 11) is 1.89. The summed E-state index contributed by atoms with van der Waals surface area (Å²) in [6.45, 7) is 6.22. The molecule has 8 heteroatoms. The summed E-state index contributed by atoms with van der Waals surface area (Å²) in [6, 6.07) is 5.51. The minimum atomic E-state index is -0.197. The summed E-state index contributed by atoms with van der Waals surface area (Å²) >= 11 is 6.26. The Morgan fingerprint density at radius 2 is 2.11 bits per heavy atom. The molecule has 1 fully saturated rings. The highest BCUT2D eigenvalue weighted by atomic mass is 35.5. The van der Waals surface area contributed by atoms with Gasteiger partial charge in [0.15, 0.2) is 0 Å². The molecule has 2 N–H and O–H groups in total. The topological polar surface area (TPSA) is 79.3 Å². The number of urea groups is 1. The highest BCUT2D eigenvalue weighted by Crippen LogP contribution is 2.23. The summed E-state index contributed by atoms with van der Waals surface area (Å²) in [6.07, 6.45) is 1.61. The van der Waals surface area contributed by atoms with Gasteiger partial charge in [-0.1, -0.05) is 31.5 Å². The van der Waals surface area contributed by atoms with E-state index < -0.39 is 0 Å². The van der Waals surface area contributed by atoms with Crippen LogP contribution in [0.25, 0.3) is 11.0 Å². The fourth-order valence-electron chi connectivity index (χ4n) is 3.52. The summed E-state index contributed by atoms with van der Waals surface area (Å²) in [4.78, 5) is 31.3. The van der Waals surface area contributed by atoms with E-state index in [1.807, 2.05) is 29.8 Å². The van der Waals surface area contributed by atoms with Gasteiger partial charge in [-0.2, -0.15) is 0 Å². The predicted octanol–water partition coefficient (Wildman–Crippen LogP) is 2.92. The van der Waals surface area contributed by atoms with Crippen molar-refractivity contribution in [2.45, 2.75) is 33.2 Å². The Kier molecular flexibility index (Phi) is 6.44. The Balaban J connectivity index is 1.58. The molecule has 0 aliphatic carbocycles. The van der Waals surface area contributed by atoms with Gasteiger partial charge in [0.1, 0.15) is 5.82 Å². The Labute approximate surface area is 170 Å². The van der Waals surface area contributed by atoms with Gasteiger partial charge in [0, 0.05) is 26.7 Å². The van der Waals surface area contributed by atoms with Crippen LogP contribution in [0.4, 0.5) is 4.79 Å². The van der Waals surface area contributed by atoms with Crippen LogP contribution in [-0.4, -0.2) is 46.0 Å². The summed E-state index contributed by atoms with van der Waals surface area (Å²) in [5.41, 5.74) is 1.67. The minimum Gasteiger partial charge on any atom is -0.349 e. The van der Waals surface area contributed by atoms with Crippen molar-refractivity contribution in [3.05, 3.63) is 29.0 Å². The summed E-state index contributed by atoms with van der Waals surface area (Å²) < 4.78 is 1.91. The van der Waals surface area contributed by atoms with Crippen LogP contribution in [0.15, 0.2) is 18.2 Å². The van der Waals surface area contributed by atoms with Gasteiger partial charge < -0.3 is 20.1 Å². The fraction of sp³-hybridized carbons (Fsp3) is 0.550. The molecular formula is C20H28ClN5O2. The van der Waals surface area contributed by atoms with Crippen molar-refractivity contribution < 1.29 is 9.59 Å². The number of fused-ring (bicyclic) bond motifs is 1. The van der Waals surface area contributed by atoms with Crippen molar-refractivity contribution in [1.29, 1.82) is 0 Å². The van der Waals surface area contributed by atoms with Gasteiger partial charge in [0.2, 0.25) is 5.91 Å². The normalized spacial score (nSPS) is 17.2. The summed E-state index contributed by atoms with van der Waals surface area (Å²) in [5.74, 6) is 0.907. The average Bonchev–Trinajstić information content (AvgIpc) is 3.01. The molecule has 0 saturated carbocycles. The van der Waals surface area contributed by atoms with E-state index >= 15 is 0 Å². The van der Waals surface area contributed by atoms with Crippen LogP contribution in [0, 0.1) is 11.8 Å². The molecule has 2 aromatic rings. The number of benzene rings is 1. The summed E-state index contributed by atoms with van der Waals surface area (Å²) in [5, 5.41) is 6.54. The Morgan fingerprint density at radius 3 is 2.82 bits per heavy atom. The van der Waals surface area contributed by atoms with Gasteiger partial charge in [-0.3, -0.25) is 4.79 Å². The van der Waals surface area contributed by atoms with Gasteiger partial charge >= 0.3 is 6.03 Å². The lowest BCUT2D eigenvalue weighted by atomic mass is 9.97. The smallest absolute Gasteiger partial charge is 0.317 e. The molecule has 1 unspecified atom stereocenters. The van der Waals surface area contributed by atoms with Crippen LogP contribution in [-0.2, 0) is 18.4 Å². The lowest BCUT2D eigenvalue weighted by molar-refractivity contribution is -0.126. The number of likely N-dealkylation sites (tertiary alicyclic amines) is 1. The molecular weight excluding hydrogens is 378 g/mol. The number of aryl methyl sites for hydroxylation is 1. The molecule has 0 spiro atoms. The van der Waals surface area contributed by atoms with E-state index in [4.69, 9.17) is 11.6 Å². The SMILES string of the molecule is CC(C)CNC(=O)N1CCCC(C(=O)NCc2nc3cccc(Cl)c3n2C)C1.